The number of aromatic hydroxyl groups is 1. The number of phenols is 1. The van der Waals surface area contributed by atoms with E-state index in [2.05, 4.69) is 90.4 Å². The number of carbonyl (C=O) groups is 1. The van der Waals surface area contributed by atoms with E-state index in [1.54, 1.807) is 12.1 Å². The molecule has 0 bridgehead atoms. The third-order valence-electron chi connectivity index (χ3n) is 3.04. The maximum atomic E-state index is 10.9. The minimum absolute atomic E-state index is 0. The third-order valence-corrected chi connectivity index (χ3v) is 6.29. The molecule has 1 unspecified atom stereocenters. The van der Waals surface area contributed by atoms with Crippen molar-refractivity contribution in [2.45, 2.75) is 12.5 Å². The fourth-order valence-electron chi connectivity index (χ4n) is 1.89. The van der Waals surface area contributed by atoms with Gasteiger partial charge in [0.2, 0.25) is 0 Å². The molecule has 4 N–H and O–H groups in total. The molecule has 0 fully saturated rings. The second-order valence-corrected chi connectivity index (χ2v) is 9.52. The van der Waals surface area contributed by atoms with Crippen LogP contribution in [-0.2, 0) is 11.2 Å². The van der Waals surface area contributed by atoms with Crippen molar-refractivity contribution in [3.63, 3.8) is 0 Å². The van der Waals surface area contributed by atoms with E-state index in [0.717, 1.165) is 12.7 Å². The van der Waals surface area contributed by atoms with Crippen molar-refractivity contribution in [3.05, 3.63) is 44.1 Å². The monoisotopic (exact) mass is 801 g/mol. The van der Waals surface area contributed by atoms with E-state index < -0.39 is 12.0 Å². The average molecular weight is 801 g/mol. The van der Waals surface area contributed by atoms with E-state index in [4.69, 9.17) is 15.6 Å². The molecule has 2 aromatic carbocycles. The number of halogens is 4. The number of phenolic OH excluding ortho intramolecular Hbond substituents is 1. The number of nitrogens with two attached hydrogens (primary N) is 1. The molecule has 0 aliphatic rings. The molecule has 0 aliphatic carbocycles. The standard InChI is InChI=1S/C15H11I4NO4.Na.H/c16-8-4-7(5-9(17)13(8)21)24-14-10(18)1-6(2-11(14)19)3-12(20)15(22)23;;/h1-2,4-5,12,21H,3,20H2,(H,22,23);;/q;+1;-1. The third kappa shape index (κ3) is 6.74. The van der Waals surface area contributed by atoms with Crippen molar-refractivity contribution >= 4 is 96.3 Å². The Balaban J connectivity index is 0.00000312. The SMILES string of the molecule is NC(Cc1cc(I)c(Oc2cc(I)c(O)c(I)c2)c(I)c1)C(=O)O.[H-].[Na+]. The van der Waals surface area contributed by atoms with Gasteiger partial charge in [-0.25, -0.2) is 0 Å². The fourth-order valence-corrected chi connectivity index (χ4v) is 5.72. The summed E-state index contributed by atoms with van der Waals surface area (Å²) in [6.07, 6.45) is 0.261. The molecule has 10 heteroatoms. The number of hydrogen-bond donors (Lipinski definition) is 3. The fraction of sp³-hybridized carbons (Fsp3) is 0.133. The van der Waals surface area contributed by atoms with Crippen LogP contribution in [0.2, 0.25) is 0 Å². The van der Waals surface area contributed by atoms with Gasteiger partial charge in [0, 0.05) is 0 Å². The Morgan fingerprint density at radius 1 is 1.08 bits per heavy atom. The molecular weight excluding hydrogens is 789 g/mol. The number of rotatable bonds is 5. The van der Waals surface area contributed by atoms with Crippen molar-refractivity contribution in [2.24, 2.45) is 5.73 Å². The molecule has 0 amide bonds. The van der Waals surface area contributed by atoms with Gasteiger partial charge in [0.15, 0.2) is 5.75 Å². The molecule has 0 spiro atoms. The predicted molar refractivity (Wildman–Crippen MR) is 126 cm³/mol. The van der Waals surface area contributed by atoms with Crippen molar-refractivity contribution in [2.75, 3.05) is 0 Å². The zero-order valence-electron chi connectivity index (χ0n) is 13.9. The molecule has 0 heterocycles. The minimum atomic E-state index is -1.02. The maximum absolute atomic E-state index is 10.9. The van der Waals surface area contributed by atoms with Gasteiger partial charge in [0.05, 0.1) is 14.3 Å². The molecule has 0 radical (unpaired) electrons. The minimum Gasteiger partial charge on any atom is -1.00 e. The normalized spacial score (nSPS) is 11.6. The quantitative estimate of drug-likeness (QED) is 0.317. The van der Waals surface area contributed by atoms with Crippen LogP contribution in [0.5, 0.6) is 17.2 Å². The van der Waals surface area contributed by atoms with Crippen LogP contribution in [0.4, 0.5) is 0 Å². The van der Waals surface area contributed by atoms with Gasteiger partial charge in [-0.1, -0.05) is 0 Å². The zero-order valence-corrected chi connectivity index (χ0v) is 23.5. The van der Waals surface area contributed by atoms with Crippen molar-refractivity contribution in [3.8, 4) is 17.2 Å². The van der Waals surface area contributed by atoms with Crippen molar-refractivity contribution in [1.29, 1.82) is 0 Å². The van der Waals surface area contributed by atoms with Gasteiger partial charge in [-0.3, -0.25) is 4.79 Å². The average Bonchev–Trinajstić information content (AvgIpc) is 2.48. The summed E-state index contributed by atoms with van der Waals surface area (Å²) in [7, 11) is 0. The first-order chi connectivity index (χ1) is 11.2. The molecule has 0 saturated heterocycles. The van der Waals surface area contributed by atoms with Gasteiger partial charge >= 0.3 is 35.5 Å². The van der Waals surface area contributed by atoms with Gasteiger partial charge in [-0.15, -0.1) is 0 Å². The number of benzene rings is 2. The molecule has 25 heavy (non-hydrogen) atoms. The Morgan fingerprint density at radius 2 is 1.56 bits per heavy atom. The number of aliphatic carboxylic acids is 1. The van der Waals surface area contributed by atoms with Gasteiger partial charge in [-0.2, -0.15) is 0 Å². The van der Waals surface area contributed by atoms with E-state index in [1.807, 2.05) is 12.1 Å². The topological polar surface area (TPSA) is 92.8 Å². The van der Waals surface area contributed by atoms with E-state index in [0.29, 0.717) is 18.6 Å². The molecule has 1 atom stereocenters. The second kappa shape index (κ2) is 10.8. The molecule has 2 rings (SSSR count). The summed E-state index contributed by atoms with van der Waals surface area (Å²) in [5.74, 6) is 0.549. The maximum Gasteiger partial charge on any atom is 1.00 e. The first kappa shape index (κ1) is 24.4. The molecule has 0 saturated carbocycles. The first-order valence-electron chi connectivity index (χ1n) is 6.51. The Labute approximate surface area is 223 Å². The second-order valence-electron chi connectivity index (χ2n) is 4.88. The van der Waals surface area contributed by atoms with Gasteiger partial charge in [0.1, 0.15) is 17.5 Å². The van der Waals surface area contributed by atoms with Crippen LogP contribution in [0, 0.1) is 14.3 Å². The summed E-state index contributed by atoms with van der Waals surface area (Å²) < 4.78 is 9.14. The van der Waals surface area contributed by atoms with Crippen LogP contribution in [-0.4, -0.2) is 22.2 Å². The van der Waals surface area contributed by atoms with Crippen molar-refractivity contribution in [1.82, 2.24) is 0 Å². The van der Waals surface area contributed by atoms with Crippen LogP contribution in [0.1, 0.15) is 6.99 Å². The van der Waals surface area contributed by atoms with Crippen LogP contribution < -0.4 is 40.0 Å². The summed E-state index contributed by atoms with van der Waals surface area (Å²) >= 11 is 8.42. The summed E-state index contributed by atoms with van der Waals surface area (Å²) in [4.78, 5) is 10.9. The Bertz CT molecular complexity index is 763. The molecular formula is C15H12I4NNaO4. The predicted octanol–water partition coefficient (Wildman–Crippen LogP) is 1.67. The van der Waals surface area contributed by atoms with Crippen LogP contribution >= 0.6 is 90.4 Å². The number of hydrogen-bond acceptors (Lipinski definition) is 4. The van der Waals surface area contributed by atoms with Crippen LogP contribution in [0.3, 0.4) is 0 Å². The zero-order chi connectivity index (χ0) is 18.0. The van der Waals surface area contributed by atoms with Gasteiger partial charge < -0.3 is 22.1 Å². The van der Waals surface area contributed by atoms with E-state index >= 15 is 0 Å². The Hall–Kier alpha value is 1.39. The summed E-state index contributed by atoms with van der Waals surface area (Å²) in [5, 5.41) is 18.8. The van der Waals surface area contributed by atoms with Gasteiger partial charge in [-0.05, 0) is 127 Å². The van der Waals surface area contributed by atoms with Crippen molar-refractivity contribution < 1.29 is 50.7 Å². The number of ether oxygens (including phenoxy) is 1. The molecule has 5 nitrogen and oxygen atoms in total. The first-order valence-corrected chi connectivity index (χ1v) is 10.8. The molecule has 0 aliphatic heterocycles. The summed E-state index contributed by atoms with van der Waals surface area (Å²) in [5.41, 5.74) is 6.44. The number of carboxylic acids is 1. The summed E-state index contributed by atoms with van der Waals surface area (Å²) in [6.45, 7) is 0. The van der Waals surface area contributed by atoms with Crippen LogP contribution in [0.25, 0.3) is 0 Å². The smallest absolute Gasteiger partial charge is 1.00 e. The molecule has 130 valence electrons. The van der Waals surface area contributed by atoms with Gasteiger partial charge in [0.25, 0.3) is 0 Å². The van der Waals surface area contributed by atoms with Crippen LogP contribution in [0.15, 0.2) is 24.3 Å². The van der Waals surface area contributed by atoms with E-state index in [-0.39, 0.29) is 43.2 Å². The summed E-state index contributed by atoms with van der Waals surface area (Å²) in [6, 6.07) is 6.34. The molecule has 2 aromatic rings. The van der Waals surface area contributed by atoms with E-state index in [9.17, 15) is 9.90 Å². The largest absolute Gasteiger partial charge is 1.00 e. The number of carboxylic acid groups (broad SMARTS) is 1. The molecule has 0 aromatic heterocycles. The Kier molecular flexibility index (Phi) is 10.6. The Morgan fingerprint density at radius 3 is 2.00 bits per heavy atom. The van der Waals surface area contributed by atoms with E-state index in [1.165, 1.54) is 0 Å².